The fourth-order valence-electron chi connectivity index (χ4n) is 1.39. The van der Waals surface area contributed by atoms with Gasteiger partial charge in [-0.15, -0.1) is 0 Å². The average Bonchev–Trinajstić information content (AvgIpc) is 2.35. The van der Waals surface area contributed by atoms with E-state index in [-0.39, 0.29) is 22.6 Å². The SMILES string of the molecule is COCCNC(=O)CNc1cc(Br)cc(C(F)(F)F)c1. The summed E-state index contributed by atoms with van der Waals surface area (Å²) in [5.41, 5.74) is -0.567. The molecule has 0 radical (unpaired) electrons. The predicted molar refractivity (Wildman–Crippen MR) is 72.5 cm³/mol. The van der Waals surface area contributed by atoms with E-state index in [2.05, 4.69) is 26.6 Å². The number of halogens is 4. The van der Waals surface area contributed by atoms with Gasteiger partial charge < -0.3 is 15.4 Å². The average molecular weight is 355 g/mol. The summed E-state index contributed by atoms with van der Waals surface area (Å²) in [5, 5.41) is 5.19. The number of alkyl halides is 3. The number of anilines is 1. The predicted octanol–water partition coefficient (Wildman–Crippen LogP) is 2.64. The number of carbonyl (C=O) groups excluding carboxylic acids is 1. The summed E-state index contributed by atoms with van der Waals surface area (Å²) in [5.74, 6) is -0.324. The topological polar surface area (TPSA) is 50.4 Å². The highest BCUT2D eigenvalue weighted by Gasteiger charge is 2.31. The molecule has 0 heterocycles. The van der Waals surface area contributed by atoms with Crippen molar-refractivity contribution in [3.63, 3.8) is 0 Å². The number of hydrogen-bond donors (Lipinski definition) is 2. The van der Waals surface area contributed by atoms with Crippen LogP contribution in [0.25, 0.3) is 0 Å². The summed E-state index contributed by atoms with van der Waals surface area (Å²) < 4.78 is 42.9. The van der Waals surface area contributed by atoms with Crippen LogP contribution >= 0.6 is 15.9 Å². The molecule has 1 aromatic carbocycles. The third-order valence-corrected chi connectivity index (χ3v) is 2.76. The van der Waals surface area contributed by atoms with Gasteiger partial charge in [0.15, 0.2) is 0 Å². The largest absolute Gasteiger partial charge is 0.416 e. The Hall–Kier alpha value is -1.28. The minimum absolute atomic E-state index is 0.114. The number of ether oxygens (including phenoxy) is 1. The molecule has 112 valence electrons. The van der Waals surface area contributed by atoms with E-state index in [9.17, 15) is 18.0 Å². The fourth-order valence-corrected chi connectivity index (χ4v) is 1.89. The quantitative estimate of drug-likeness (QED) is 0.772. The highest BCUT2D eigenvalue weighted by atomic mass is 79.9. The van der Waals surface area contributed by atoms with Crippen LogP contribution < -0.4 is 10.6 Å². The van der Waals surface area contributed by atoms with E-state index in [0.717, 1.165) is 12.1 Å². The van der Waals surface area contributed by atoms with Crippen LogP contribution in [-0.2, 0) is 15.7 Å². The van der Waals surface area contributed by atoms with Crippen molar-refractivity contribution in [2.24, 2.45) is 0 Å². The van der Waals surface area contributed by atoms with Gasteiger partial charge in [0.05, 0.1) is 18.7 Å². The lowest BCUT2D eigenvalue weighted by molar-refractivity contribution is -0.137. The number of hydrogen-bond acceptors (Lipinski definition) is 3. The Morgan fingerprint density at radius 3 is 2.65 bits per heavy atom. The van der Waals surface area contributed by atoms with Gasteiger partial charge in [0.25, 0.3) is 0 Å². The molecular formula is C12H14BrF3N2O2. The van der Waals surface area contributed by atoms with E-state index in [1.807, 2.05) is 0 Å². The van der Waals surface area contributed by atoms with E-state index in [4.69, 9.17) is 4.74 Å². The first-order chi connectivity index (χ1) is 9.32. The number of nitrogens with one attached hydrogen (secondary N) is 2. The Balaban J connectivity index is 2.60. The zero-order valence-electron chi connectivity index (χ0n) is 10.7. The second-order valence-electron chi connectivity index (χ2n) is 3.92. The van der Waals surface area contributed by atoms with E-state index in [1.165, 1.54) is 13.2 Å². The second kappa shape index (κ2) is 7.49. The van der Waals surface area contributed by atoms with E-state index in [1.54, 1.807) is 0 Å². The Kier molecular flexibility index (Phi) is 6.28. The molecule has 0 aliphatic heterocycles. The number of methoxy groups -OCH3 is 1. The summed E-state index contributed by atoms with van der Waals surface area (Å²) in [6.45, 7) is 0.613. The maximum absolute atomic E-state index is 12.6. The van der Waals surface area contributed by atoms with Crippen LogP contribution in [0.15, 0.2) is 22.7 Å². The van der Waals surface area contributed by atoms with Crippen molar-refractivity contribution in [1.29, 1.82) is 0 Å². The first-order valence-electron chi connectivity index (χ1n) is 5.70. The van der Waals surface area contributed by atoms with Crippen molar-refractivity contribution in [1.82, 2.24) is 5.32 Å². The lowest BCUT2D eigenvalue weighted by atomic mass is 10.2. The molecule has 0 atom stereocenters. The molecule has 1 amide bonds. The standard InChI is InChI=1S/C12H14BrF3N2O2/c1-20-3-2-17-11(19)7-18-10-5-8(12(14,15)16)4-9(13)6-10/h4-6,18H,2-3,7H2,1H3,(H,17,19). The van der Waals surface area contributed by atoms with Gasteiger partial charge in [0, 0.05) is 23.8 Å². The molecule has 0 aromatic heterocycles. The van der Waals surface area contributed by atoms with Gasteiger partial charge in [0.1, 0.15) is 0 Å². The molecule has 8 heteroatoms. The molecule has 0 spiro atoms. The lowest BCUT2D eigenvalue weighted by Gasteiger charge is -2.12. The summed E-state index contributed by atoms with van der Waals surface area (Å²) >= 11 is 3.01. The molecule has 0 saturated heterocycles. The zero-order chi connectivity index (χ0) is 15.2. The molecule has 1 rings (SSSR count). The fraction of sp³-hybridized carbons (Fsp3) is 0.417. The number of carbonyl (C=O) groups is 1. The molecule has 0 bridgehead atoms. The van der Waals surface area contributed by atoms with Crippen LogP contribution in [-0.4, -0.2) is 32.7 Å². The molecule has 2 N–H and O–H groups in total. The van der Waals surface area contributed by atoms with E-state index >= 15 is 0 Å². The molecule has 0 aliphatic carbocycles. The Bertz CT molecular complexity index is 467. The Labute approximate surface area is 122 Å². The first kappa shape index (κ1) is 16.8. The maximum Gasteiger partial charge on any atom is 0.416 e. The molecule has 1 aromatic rings. The smallest absolute Gasteiger partial charge is 0.383 e. The third-order valence-electron chi connectivity index (χ3n) is 2.31. The highest BCUT2D eigenvalue weighted by molar-refractivity contribution is 9.10. The van der Waals surface area contributed by atoms with Gasteiger partial charge in [-0.3, -0.25) is 4.79 Å². The summed E-state index contributed by atoms with van der Waals surface area (Å²) in [6, 6.07) is 3.40. The van der Waals surface area contributed by atoms with Gasteiger partial charge >= 0.3 is 6.18 Å². The number of benzene rings is 1. The summed E-state index contributed by atoms with van der Waals surface area (Å²) in [7, 11) is 1.50. The van der Waals surface area contributed by atoms with Crippen molar-refractivity contribution in [3.8, 4) is 0 Å². The molecule has 4 nitrogen and oxygen atoms in total. The zero-order valence-corrected chi connectivity index (χ0v) is 12.3. The highest BCUT2D eigenvalue weighted by Crippen LogP contribution is 2.33. The Morgan fingerprint density at radius 1 is 1.35 bits per heavy atom. The lowest BCUT2D eigenvalue weighted by Crippen LogP contribution is -2.32. The number of amides is 1. The molecule has 0 saturated carbocycles. The maximum atomic E-state index is 12.6. The van der Waals surface area contributed by atoms with Gasteiger partial charge in [0.2, 0.25) is 5.91 Å². The minimum atomic E-state index is -4.43. The summed E-state index contributed by atoms with van der Waals surface area (Å²) in [6.07, 6.45) is -4.43. The van der Waals surface area contributed by atoms with Gasteiger partial charge in [-0.2, -0.15) is 13.2 Å². The molecular weight excluding hydrogens is 341 g/mol. The van der Waals surface area contributed by atoms with Crippen LogP contribution in [0, 0.1) is 0 Å². The van der Waals surface area contributed by atoms with Crippen LogP contribution in [0.2, 0.25) is 0 Å². The normalized spacial score (nSPS) is 11.2. The molecule has 0 fully saturated rings. The van der Waals surface area contributed by atoms with Crippen LogP contribution in [0.1, 0.15) is 5.56 Å². The van der Waals surface area contributed by atoms with Gasteiger partial charge in [-0.05, 0) is 18.2 Å². The molecule has 0 unspecified atom stereocenters. The van der Waals surface area contributed by atoms with Crippen molar-refractivity contribution >= 4 is 27.5 Å². The first-order valence-corrected chi connectivity index (χ1v) is 6.49. The van der Waals surface area contributed by atoms with E-state index < -0.39 is 11.7 Å². The van der Waals surface area contributed by atoms with E-state index in [0.29, 0.717) is 13.2 Å². The third kappa shape index (κ3) is 5.79. The van der Waals surface area contributed by atoms with Crippen molar-refractivity contribution in [2.45, 2.75) is 6.18 Å². The van der Waals surface area contributed by atoms with Crippen molar-refractivity contribution in [2.75, 3.05) is 32.1 Å². The van der Waals surface area contributed by atoms with Gasteiger partial charge in [-0.25, -0.2) is 0 Å². The minimum Gasteiger partial charge on any atom is -0.383 e. The molecule has 0 aliphatic rings. The Morgan fingerprint density at radius 2 is 2.05 bits per heavy atom. The molecule has 20 heavy (non-hydrogen) atoms. The summed E-state index contributed by atoms with van der Waals surface area (Å²) in [4.78, 5) is 11.4. The van der Waals surface area contributed by atoms with Crippen molar-refractivity contribution < 1.29 is 22.7 Å². The van der Waals surface area contributed by atoms with Gasteiger partial charge in [-0.1, -0.05) is 15.9 Å². The number of rotatable bonds is 6. The van der Waals surface area contributed by atoms with Crippen LogP contribution in [0.4, 0.5) is 18.9 Å². The monoisotopic (exact) mass is 354 g/mol. The van der Waals surface area contributed by atoms with Crippen LogP contribution in [0.3, 0.4) is 0 Å². The van der Waals surface area contributed by atoms with Crippen LogP contribution in [0.5, 0.6) is 0 Å². The second-order valence-corrected chi connectivity index (χ2v) is 4.84. The van der Waals surface area contributed by atoms with Crippen molar-refractivity contribution in [3.05, 3.63) is 28.2 Å².